The minimum atomic E-state index is -0.0974. The van der Waals surface area contributed by atoms with E-state index in [4.69, 9.17) is 4.74 Å². The van der Waals surface area contributed by atoms with E-state index in [1.807, 2.05) is 17.8 Å². The number of amides is 1. The van der Waals surface area contributed by atoms with Crippen molar-refractivity contribution in [3.8, 4) is 0 Å². The van der Waals surface area contributed by atoms with Crippen LogP contribution in [0.15, 0.2) is 24.8 Å². The average molecular weight is 332 g/mol. The molecular formula is C16H24N6O2. The molecule has 1 aliphatic rings. The SMILES string of the molecule is CCN1CCO[C@@H](CNC(=O)Cc2ccn[nH]2)[C@@H]1c1cncn1C. The number of imidazole rings is 1. The van der Waals surface area contributed by atoms with Crippen LogP contribution < -0.4 is 5.32 Å². The van der Waals surface area contributed by atoms with Crippen LogP contribution in [0.1, 0.15) is 24.4 Å². The number of hydrogen-bond donors (Lipinski definition) is 2. The molecule has 8 heteroatoms. The van der Waals surface area contributed by atoms with Gasteiger partial charge in [0.25, 0.3) is 0 Å². The number of rotatable bonds is 6. The third kappa shape index (κ3) is 3.65. The van der Waals surface area contributed by atoms with Gasteiger partial charge in [0.1, 0.15) is 0 Å². The molecular weight excluding hydrogens is 308 g/mol. The van der Waals surface area contributed by atoms with Crippen molar-refractivity contribution in [1.82, 2.24) is 30.0 Å². The molecule has 0 aromatic carbocycles. The van der Waals surface area contributed by atoms with Gasteiger partial charge in [-0.3, -0.25) is 14.8 Å². The molecule has 2 aromatic rings. The van der Waals surface area contributed by atoms with Crippen molar-refractivity contribution in [1.29, 1.82) is 0 Å². The molecule has 0 spiro atoms. The second-order valence-corrected chi connectivity index (χ2v) is 5.97. The van der Waals surface area contributed by atoms with Crippen molar-refractivity contribution in [2.24, 2.45) is 7.05 Å². The fourth-order valence-corrected chi connectivity index (χ4v) is 3.18. The van der Waals surface area contributed by atoms with Crippen LogP contribution in [0.4, 0.5) is 0 Å². The molecule has 8 nitrogen and oxygen atoms in total. The summed E-state index contributed by atoms with van der Waals surface area (Å²) in [6.07, 6.45) is 5.51. The lowest BCUT2D eigenvalue weighted by Crippen LogP contribution is -2.50. The highest BCUT2D eigenvalue weighted by Crippen LogP contribution is 2.28. The Bertz CT molecular complexity index is 653. The Kier molecular flexibility index (Phi) is 5.27. The third-order valence-corrected chi connectivity index (χ3v) is 4.43. The summed E-state index contributed by atoms with van der Waals surface area (Å²) in [5.41, 5.74) is 1.90. The Morgan fingerprint density at radius 1 is 1.54 bits per heavy atom. The Morgan fingerprint density at radius 3 is 3.08 bits per heavy atom. The highest BCUT2D eigenvalue weighted by molar-refractivity contribution is 5.78. The second-order valence-electron chi connectivity index (χ2n) is 5.97. The lowest BCUT2D eigenvalue weighted by molar-refractivity contribution is -0.122. The highest BCUT2D eigenvalue weighted by Gasteiger charge is 2.34. The molecule has 1 aliphatic heterocycles. The number of aryl methyl sites for hydroxylation is 1. The number of carbonyl (C=O) groups excluding carboxylic acids is 1. The lowest BCUT2D eigenvalue weighted by atomic mass is 10.0. The quantitative estimate of drug-likeness (QED) is 0.792. The number of ether oxygens (including phenoxy) is 1. The minimum absolute atomic E-state index is 0.0415. The van der Waals surface area contributed by atoms with E-state index in [-0.39, 0.29) is 18.1 Å². The molecule has 3 heterocycles. The molecule has 0 unspecified atom stereocenters. The number of aromatic amines is 1. The number of likely N-dealkylation sites (N-methyl/N-ethyl adjacent to an activating group) is 1. The first kappa shape index (κ1) is 16.7. The number of hydrogen-bond acceptors (Lipinski definition) is 5. The molecule has 2 aromatic heterocycles. The molecule has 3 rings (SSSR count). The first-order valence-electron chi connectivity index (χ1n) is 8.26. The fourth-order valence-electron chi connectivity index (χ4n) is 3.18. The standard InChI is InChI=1S/C16H24N6O2/c1-3-22-6-7-24-14(16(22)13-9-17-11-21(13)2)10-18-15(23)8-12-4-5-19-20-12/h4-5,9,11,14,16H,3,6-8,10H2,1-2H3,(H,18,23)(H,19,20)/t14-,16-/m0/s1. The first-order valence-corrected chi connectivity index (χ1v) is 8.26. The van der Waals surface area contributed by atoms with Crippen LogP contribution >= 0.6 is 0 Å². The molecule has 1 fully saturated rings. The van der Waals surface area contributed by atoms with Gasteiger partial charge in [0, 0.05) is 38.2 Å². The maximum absolute atomic E-state index is 12.1. The minimum Gasteiger partial charge on any atom is -0.373 e. The predicted octanol–water partition coefficient (Wildman–Crippen LogP) is 0.264. The predicted molar refractivity (Wildman–Crippen MR) is 88.2 cm³/mol. The van der Waals surface area contributed by atoms with Gasteiger partial charge in [0.2, 0.25) is 5.91 Å². The number of carbonyl (C=O) groups is 1. The van der Waals surface area contributed by atoms with Gasteiger partial charge in [-0.15, -0.1) is 0 Å². The van der Waals surface area contributed by atoms with E-state index in [9.17, 15) is 4.79 Å². The largest absolute Gasteiger partial charge is 0.373 e. The monoisotopic (exact) mass is 332 g/mol. The third-order valence-electron chi connectivity index (χ3n) is 4.43. The lowest BCUT2D eigenvalue weighted by Gasteiger charge is -2.40. The Morgan fingerprint density at radius 2 is 2.42 bits per heavy atom. The summed E-state index contributed by atoms with van der Waals surface area (Å²) < 4.78 is 7.98. The van der Waals surface area contributed by atoms with Gasteiger partial charge in [0.15, 0.2) is 0 Å². The highest BCUT2D eigenvalue weighted by atomic mass is 16.5. The first-order chi connectivity index (χ1) is 11.7. The van der Waals surface area contributed by atoms with Crippen molar-refractivity contribution in [3.63, 3.8) is 0 Å². The summed E-state index contributed by atoms with van der Waals surface area (Å²) in [6, 6.07) is 1.89. The maximum Gasteiger partial charge on any atom is 0.226 e. The molecule has 0 radical (unpaired) electrons. The van der Waals surface area contributed by atoms with E-state index in [0.717, 1.165) is 24.5 Å². The summed E-state index contributed by atoms with van der Waals surface area (Å²) in [7, 11) is 1.98. The van der Waals surface area contributed by atoms with Crippen molar-refractivity contribution < 1.29 is 9.53 Å². The van der Waals surface area contributed by atoms with E-state index in [1.54, 1.807) is 18.6 Å². The zero-order valence-electron chi connectivity index (χ0n) is 14.1. The molecule has 1 amide bonds. The van der Waals surface area contributed by atoms with E-state index in [2.05, 4.69) is 32.3 Å². The van der Waals surface area contributed by atoms with Crippen molar-refractivity contribution in [2.45, 2.75) is 25.5 Å². The van der Waals surface area contributed by atoms with Crippen molar-refractivity contribution in [3.05, 3.63) is 36.2 Å². The van der Waals surface area contributed by atoms with E-state index < -0.39 is 0 Å². The smallest absolute Gasteiger partial charge is 0.226 e. The Hall–Kier alpha value is -2.19. The van der Waals surface area contributed by atoms with Gasteiger partial charge >= 0.3 is 0 Å². The molecule has 2 N–H and O–H groups in total. The van der Waals surface area contributed by atoms with Gasteiger partial charge in [-0.2, -0.15) is 5.10 Å². The van der Waals surface area contributed by atoms with E-state index in [0.29, 0.717) is 19.6 Å². The number of aromatic nitrogens is 4. The number of H-pyrrole nitrogens is 1. The van der Waals surface area contributed by atoms with Crippen molar-refractivity contribution >= 4 is 5.91 Å². The Balaban J connectivity index is 1.65. The van der Waals surface area contributed by atoms with Crippen LogP contribution in [0.25, 0.3) is 0 Å². The number of morpholine rings is 1. The molecule has 0 aliphatic carbocycles. The van der Waals surface area contributed by atoms with Gasteiger partial charge < -0.3 is 14.6 Å². The molecule has 130 valence electrons. The van der Waals surface area contributed by atoms with Crippen LogP contribution in [0, 0.1) is 0 Å². The van der Waals surface area contributed by atoms with Gasteiger partial charge in [-0.1, -0.05) is 6.92 Å². The molecule has 2 atom stereocenters. The Labute approximate surface area is 141 Å². The summed E-state index contributed by atoms with van der Waals surface area (Å²) in [6.45, 7) is 5.09. The maximum atomic E-state index is 12.1. The van der Waals surface area contributed by atoms with Gasteiger partial charge in [-0.25, -0.2) is 4.98 Å². The zero-order valence-corrected chi connectivity index (χ0v) is 14.1. The average Bonchev–Trinajstić information content (AvgIpc) is 3.24. The van der Waals surface area contributed by atoms with E-state index in [1.165, 1.54) is 0 Å². The zero-order chi connectivity index (χ0) is 16.9. The normalized spacial score (nSPS) is 21.8. The van der Waals surface area contributed by atoms with Gasteiger partial charge in [-0.05, 0) is 12.6 Å². The van der Waals surface area contributed by atoms with Crippen molar-refractivity contribution in [2.75, 3.05) is 26.2 Å². The topological polar surface area (TPSA) is 88.1 Å². The number of nitrogens with one attached hydrogen (secondary N) is 2. The van der Waals surface area contributed by atoms with Crippen LogP contribution in [0.3, 0.4) is 0 Å². The van der Waals surface area contributed by atoms with Crippen LogP contribution in [0.5, 0.6) is 0 Å². The summed E-state index contributed by atoms with van der Waals surface area (Å²) in [5, 5.41) is 9.63. The fraction of sp³-hybridized carbons (Fsp3) is 0.562. The molecule has 24 heavy (non-hydrogen) atoms. The molecule has 0 bridgehead atoms. The molecule has 0 saturated carbocycles. The molecule has 1 saturated heterocycles. The summed E-state index contributed by atoms with van der Waals surface area (Å²) in [5.74, 6) is -0.0415. The number of nitrogens with zero attached hydrogens (tertiary/aromatic N) is 4. The summed E-state index contributed by atoms with van der Waals surface area (Å²) >= 11 is 0. The van der Waals surface area contributed by atoms with Crippen LogP contribution in [-0.4, -0.2) is 62.9 Å². The second kappa shape index (κ2) is 7.59. The van der Waals surface area contributed by atoms with Gasteiger partial charge in [0.05, 0.1) is 37.2 Å². The van der Waals surface area contributed by atoms with E-state index >= 15 is 0 Å². The van der Waals surface area contributed by atoms with Crippen LogP contribution in [-0.2, 0) is 23.0 Å². The van der Waals surface area contributed by atoms with Crippen LogP contribution in [0.2, 0.25) is 0 Å². The summed E-state index contributed by atoms with van der Waals surface area (Å²) in [4.78, 5) is 18.7.